The van der Waals surface area contributed by atoms with Gasteiger partial charge in [-0.2, -0.15) is 0 Å². The Morgan fingerprint density at radius 3 is 1.52 bits per heavy atom. The molecule has 0 saturated heterocycles. The molecule has 0 heterocycles. The second-order valence-corrected chi connectivity index (χ2v) is 5.43. The van der Waals surface area contributed by atoms with Crippen molar-refractivity contribution < 1.29 is 0 Å². The van der Waals surface area contributed by atoms with Gasteiger partial charge in [-0.3, -0.25) is 0 Å². The standard InChI is InChI=1S/C19H16ClN/c20-18-14-8-7-13-17(18)19(21,15-9-3-1-4-10-15)16-11-5-2-6-12-16/h1-14H,21H2. The molecule has 0 aliphatic rings. The summed E-state index contributed by atoms with van der Waals surface area (Å²) in [6.07, 6.45) is 0. The van der Waals surface area contributed by atoms with E-state index in [4.69, 9.17) is 17.3 Å². The van der Waals surface area contributed by atoms with Crippen molar-refractivity contribution in [3.05, 3.63) is 107 Å². The first-order chi connectivity index (χ1) is 10.2. The summed E-state index contributed by atoms with van der Waals surface area (Å²) in [7, 11) is 0. The first kappa shape index (κ1) is 13.9. The maximum absolute atomic E-state index is 6.88. The van der Waals surface area contributed by atoms with E-state index < -0.39 is 5.54 Å². The molecule has 0 aliphatic carbocycles. The van der Waals surface area contributed by atoms with Gasteiger partial charge in [-0.05, 0) is 22.8 Å². The lowest BCUT2D eigenvalue weighted by atomic mass is 9.78. The van der Waals surface area contributed by atoms with Crippen molar-refractivity contribution in [3.63, 3.8) is 0 Å². The Morgan fingerprint density at radius 1 is 0.619 bits per heavy atom. The molecule has 3 aromatic rings. The molecular formula is C19H16ClN. The molecule has 0 radical (unpaired) electrons. The van der Waals surface area contributed by atoms with Crippen LogP contribution in [0.25, 0.3) is 0 Å². The monoisotopic (exact) mass is 293 g/mol. The predicted molar refractivity (Wildman–Crippen MR) is 88.4 cm³/mol. The minimum Gasteiger partial charge on any atom is -0.314 e. The van der Waals surface area contributed by atoms with E-state index in [0.29, 0.717) is 5.02 Å². The summed E-state index contributed by atoms with van der Waals surface area (Å²) in [6.45, 7) is 0. The Kier molecular flexibility index (Phi) is 3.78. The molecule has 0 amide bonds. The Balaban J connectivity index is 2.29. The molecule has 21 heavy (non-hydrogen) atoms. The van der Waals surface area contributed by atoms with E-state index in [1.54, 1.807) is 0 Å². The third kappa shape index (κ3) is 2.46. The summed E-state index contributed by atoms with van der Waals surface area (Å²) in [4.78, 5) is 0. The first-order valence-electron chi connectivity index (χ1n) is 6.88. The van der Waals surface area contributed by atoms with Crippen LogP contribution in [-0.4, -0.2) is 0 Å². The van der Waals surface area contributed by atoms with E-state index >= 15 is 0 Å². The Labute approximate surface area is 130 Å². The summed E-state index contributed by atoms with van der Waals surface area (Å²) in [5, 5.41) is 0.674. The van der Waals surface area contributed by atoms with E-state index in [2.05, 4.69) is 0 Å². The summed E-state index contributed by atoms with van der Waals surface area (Å²) in [5.41, 5.74) is 9.06. The van der Waals surface area contributed by atoms with E-state index in [1.807, 2.05) is 84.9 Å². The van der Waals surface area contributed by atoms with Gasteiger partial charge in [-0.1, -0.05) is 90.5 Å². The smallest absolute Gasteiger partial charge is 0.0937 e. The molecule has 3 rings (SSSR count). The van der Waals surface area contributed by atoms with Gasteiger partial charge < -0.3 is 5.73 Å². The van der Waals surface area contributed by atoms with Crippen molar-refractivity contribution >= 4 is 11.6 Å². The maximum Gasteiger partial charge on any atom is 0.0937 e. The molecule has 0 bridgehead atoms. The molecule has 0 aliphatic heterocycles. The minimum absolute atomic E-state index is 0.674. The molecule has 0 saturated carbocycles. The van der Waals surface area contributed by atoms with Crippen molar-refractivity contribution in [1.82, 2.24) is 0 Å². The van der Waals surface area contributed by atoms with Gasteiger partial charge in [-0.15, -0.1) is 0 Å². The molecule has 0 unspecified atom stereocenters. The number of hydrogen-bond donors (Lipinski definition) is 1. The van der Waals surface area contributed by atoms with Crippen LogP contribution in [0, 0.1) is 0 Å². The summed E-state index contributed by atoms with van der Waals surface area (Å²) < 4.78 is 0. The van der Waals surface area contributed by atoms with Crippen LogP contribution in [0.3, 0.4) is 0 Å². The van der Waals surface area contributed by atoms with Gasteiger partial charge in [0.25, 0.3) is 0 Å². The van der Waals surface area contributed by atoms with Crippen molar-refractivity contribution in [1.29, 1.82) is 0 Å². The number of halogens is 1. The third-order valence-corrected chi connectivity index (χ3v) is 4.09. The van der Waals surface area contributed by atoms with E-state index in [0.717, 1.165) is 16.7 Å². The Hall–Kier alpha value is -2.09. The van der Waals surface area contributed by atoms with Gasteiger partial charge >= 0.3 is 0 Å². The van der Waals surface area contributed by atoms with Crippen LogP contribution in [0.15, 0.2) is 84.9 Å². The Morgan fingerprint density at radius 2 is 1.05 bits per heavy atom. The van der Waals surface area contributed by atoms with Crippen molar-refractivity contribution in [3.8, 4) is 0 Å². The van der Waals surface area contributed by atoms with Crippen LogP contribution >= 0.6 is 11.6 Å². The Bertz CT molecular complexity index is 683. The number of benzene rings is 3. The summed E-state index contributed by atoms with van der Waals surface area (Å²) in [6, 6.07) is 27.9. The highest BCUT2D eigenvalue weighted by Crippen LogP contribution is 2.37. The fraction of sp³-hybridized carbons (Fsp3) is 0.0526. The second-order valence-electron chi connectivity index (χ2n) is 5.02. The highest BCUT2D eigenvalue weighted by Gasteiger charge is 2.33. The van der Waals surface area contributed by atoms with E-state index in [9.17, 15) is 0 Å². The average Bonchev–Trinajstić information content (AvgIpc) is 2.56. The molecule has 104 valence electrons. The number of rotatable bonds is 3. The fourth-order valence-corrected chi connectivity index (χ4v) is 2.95. The maximum atomic E-state index is 6.88. The third-order valence-electron chi connectivity index (χ3n) is 3.76. The van der Waals surface area contributed by atoms with Gasteiger partial charge in [-0.25, -0.2) is 0 Å². The zero-order valence-electron chi connectivity index (χ0n) is 11.5. The average molecular weight is 294 g/mol. The number of hydrogen-bond acceptors (Lipinski definition) is 1. The molecular weight excluding hydrogens is 278 g/mol. The van der Waals surface area contributed by atoms with Crippen LogP contribution in [-0.2, 0) is 5.54 Å². The predicted octanol–water partition coefficient (Wildman–Crippen LogP) is 4.59. The van der Waals surface area contributed by atoms with E-state index in [1.165, 1.54) is 0 Å². The van der Waals surface area contributed by atoms with Crippen LogP contribution in [0.4, 0.5) is 0 Å². The first-order valence-corrected chi connectivity index (χ1v) is 7.25. The molecule has 2 heteroatoms. The van der Waals surface area contributed by atoms with Gasteiger partial charge in [0.1, 0.15) is 0 Å². The van der Waals surface area contributed by atoms with Crippen molar-refractivity contribution in [2.24, 2.45) is 5.73 Å². The molecule has 2 N–H and O–H groups in total. The second kappa shape index (κ2) is 5.72. The lowest BCUT2D eigenvalue weighted by Gasteiger charge is -2.32. The molecule has 1 nitrogen and oxygen atoms in total. The molecule has 3 aromatic carbocycles. The van der Waals surface area contributed by atoms with Crippen LogP contribution < -0.4 is 5.73 Å². The molecule has 0 aromatic heterocycles. The van der Waals surface area contributed by atoms with Gasteiger partial charge in [0.2, 0.25) is 0 Å². The topological polar surface area (TPSA) is 26.0 Å². The van der Waals surface area contributed by atoms with Crippen LogP contribution in [0.5, 0.6) is 0 Å². The highest BCUT2D eigenvalue weighted by molar-refractivity contribution is 6.31. The molecule has 0 atom stereocenters. The zero-order valence-corrected chi connectivity index (χ0v) is 12.3. The summed E-state index contributed by atoms with van der Waals surface area (Å²) >= 11 is 6.43. The van der Waals surface area contributed by atoms with Gasteiger partial charge in [0.05, 0.1) is 5.54 Å². The molecule has 0 fully saturated rings. The SMILES string of the molecule is NC(c1ccccc1)(c1ccccc1)c1ccccc1Cl. The summed E-state index contributed by atoms with van der Waals surface area (Å²) in [5.74, 6) is 0. The quantitative estimate of drug-likeness (QED) is 0.702. The largest absolute Gasteiger partial charge is 0.314 e. The van der Waals surface area contributed by atoms with Gasteiger partial charge in [0.15, 0.2) is 0 Å². The fourth-order valence-electron chi connectivity index (χ4n) is 2.66. The van der Waals surface area contributed by atoms with Crippen molar-refractivity contribution in [2.45, 2.75) is 5.54 Å². The number of nitrogens with two attached hydrogens (primary N) is 1. The van der Waals surface area contributed by atoms with Crippen LogP contribution in [0.2, 0.25) is 5.02 Å². The van der Waals surface area contributed by atoms with Gasteiger partial charge in [0, 0.05) is 5.02 Å². The normalized spacial score (nSPS) is 11.3. The highest BCUT2D eigenvalue weighted by atomic mass is 35.5. The van der Waals surface area contributed by atoms with E-state index in [-0.39, 0.29) is 0 Å². The zero-order chi connectivity index (χ0) is 14.7. The van der Waals surface area contributed by atoms with Crippen molar-refractivity contribution in [2.75, 3.05) is 0 Å². The lowest BCUT2D eigenvalue weighted by Crippen LogP contribution is -2.39. The van der Waals surface area contributed by atoms with Crippen LogP contribution in [0.1, 0.15) is 16.7 Å². The lowest BCUT2D eigenvalue weighted by molar-refractivity contribution is 0.653. The minimum atomic E-state index is -0.763. The molecule has 0 spiro atoms.